The fraction of sp³-hybridized carbons (Fsp3) is 0.185. The number of esters is 1. The lowest BCUT2D eigenvalue weighted by molar-refractivity contribution is 0.0529. The minimum Gasteiger partial charge on any atom is -0.497 e. The van der Waals surface area contributed by atoms with Crippen LogP contribution < -0.4 is 10.1 Å². The number of fused-ring (bicyclic) bond motifs is 1. The van der Waals surface area contributed by atoms with E-state index in [-0.39, 0.29) is 12.5 Å². The Labute approximate surface area is 197 Å². The van der Waals surface area contributed by atoms with Crippen molar-refractivity contribution in [1.29, 1.82) is 0 Å². The first kappa shape index (κ1) is 22.6. The summed E-state index contributed by atoms with van der Waals surface area (Å²) in [5.41, 5.74) is 3.65. The molecule has 0 aliphatic carbocycles. The van der Waals surface area contributed by atoms with E-state index in [1.165, 1.54) is 11.3 Å². The van der Waals surface area contributed by atoms with Crippen LogP contribution in [-0.4, -0.2) is 25.6 Å². The molecule has 1 N–H and O–H groups in total. The molecule has 1 amide bonds. The number of carbonyl (C=O) groups is 2. The number of hydrogen-bond acceptors (Lipinski definition) is 5. The van der Waals surface area contributed by atoms with Crippen LogP contribution >= 0.6 is 11.3 Å². The third-order valence-electron chi connectivity index (χ3n) is 5.44. The van der Waals surface area contributed by atoms with Gasteiger partial charge in [0.2, 0.25) is 0 Å². The molecule has 3 aromatic carbocycles. The number of nitrogens with one attached hydrogen (secondary N) is 1. The minimum absolute atomic E-state index is 0.246. The van der Waals surface area contributed by atoms with Gasteiger partial charge in [-0.1, -0.05) is 35.9 Å². The molecule has 0 aliphatic heterocycles. The second-order valence-corrected chi connectivity index (χ2v) is 8.93. The molecule has 0 atom stereocenters. The van der Waals surface area contributed by atoms with E-state index >= 15 is 0 Å². The number of anilines is 1. The van der Waals surface area contributed by atoms with Crippen molar-refractivity contribution >= 4 is 39.0 Å². The van der Waals surface area contributed by atoms with Crippen molar-refractivity contribution in [1.82, 2.24) is 0 Å². The molecule has 0 spiro atoms. The molecule has 0 radical (unpaired) electrons. The van der Waals surface area contributed by atoms with Crippen LogP contribution in [0, 0.1) is 13.8 Å². The van der Waals surface area contributed by atoms with E-state index in [4.69, 9.17) is 9.47 Å². The van der Waals surface area contributed by atoms with E-state index in [1.807, 2.05) is 62.4 Å². The van der Waals surface area contributed by atoms with Crippen molar-refractivity contribution in [2.45, 2.75) is 20.8 Å². The van der Waals surface area contributed by atoms with Crippen molar-refractivity contribution < 1.29 is 19.1 Å². The SMILES string of the molecule is CCOC(=O)c1c(NC(=O)c2ccc(C)cc2)sc(C)c1-c1ccc2cc(OC)ccc2c1. The molecular formula is C27H25NO4S. The molecule has 0 saturated carbocycles. The highest BCUT2D eigenvalue weighted by atomic mass is 32.1. The van der Waals surface area contributed by atoms with Crippen LogP contribution in [0.4, 0.5) is 5.00 Å². The number of methoxy groups -OCH3 is 1. The molecular weight excluding hydrogens is 434 g/mol. The molecule has 168 valence electrons. The maximum atomic E-state index is 13.0. The summed E-state index contributed by atoms with van der Waals surface area (Å²) in [7, 11) is 1.64. The zero-order valence-electron chi connectivity index (χ0n) is 19.0. The fourth-order valence-electron chi connectivity index (χ4n) is 3.76. The second kappa shape index (κ2) is 9.46. The van der Waals surface area contributed by atoms with E-state index in [1.54, 1.807) is 26.2 Å². The molecule has 0 fully saturated rings. The van der Waals surface area contributed by atoms with Gasteiger partial charge in [-0.05, 0) is 67.4 Å². The Morgan fingerprint density at radius 3 is 2.33 bits per heavy atom. The smallest absolute Gasteiger partial charge is 0.341 e. The summed E-state index contributed by atoms with van der Waals surface area (Å²) in [6.45, 7) is 5.93. The molecule has 0 unspecified atom stereocenters. The Balaban J connectivity index is 1.79. The highest BCUT2D eigenvalue weighted by Crippen LogP contribution is 2.41. The van der Waals surface area contributed by atoms with Crippen molar-refractivity contribution in [3.05, 3.63) is 82.2 Å². The normalized spacial score (nSPS) is 10.8. The third-order valence-corrected chi connectivity index (χ3v) is 6.46. The average molecular weight is 460 g/mol. The number of carbonyl (C=O) groups excluding carboxylic acids is 2. The first-order valence-corrected chi connectivity index (χ1v) is 11.5. The zero-order chi connectivity index (χ0) is 23.5. The van der Waals surface area contributed by atoms with Gasteiger partial charge < -0.3 is 14.8 Å². The lowest BCUT2D eigenvalue weighted by atomic mass is 9.98. The summed E-state index contributed by atoms with van der Waals surface area (Å²) in [6, 6.07) is 19.2. The molecule has 1 heterocycles. The number of rotatable bonds is 6. The van der Waals surface area contributed by atoms with Crippen LogP contribution in [0.5, 0.6) is 5.75 Å². The molecule has 1 aromatic heterocycles. The monoisotopic (exact) mass is 459 g/mol. The predicted molar refractivity (Wildman–Crippen MR) is 134 cm³/mol. The summed E-state index contributed by atoms with van der Waals surface area (Å²) < 4.78 is 10.7. The molecule has 0 bridgehead atoms. The Kier molecular flexibility index (Phi) is 6.47. The van der Waals surface area contributed by atoms with Crippen LogP contribution in [0.2, 0.25) is 0 Å². The van der Waals surface area contributed by atoms with Crippen LogP contribution in [0.25, 0.3) is 21.9 Å². The highest BCUT2D eigenvalue weighted by Gasteiger charge is 2.26. The van der Waals surface area contributed by atoms with Crippen LogP contribution in [0.15, 0.2) is 60.7 Å². The topological polar surface area (TPSA) is 64.6 Å². The quantitative estimate of drug-likeness (QED) is 0.329. The van der Waals surface area contributed by atoms with Gasteiger partial charge in [0.15, 0.2) is 0 Å². The molecule has 4 rings (SSSR count). The lowest BCUT2D eigenvalue weighted by Gasteiger charge is -2.10. The Bertz CT molecular complexity index is 1340. The van der Waals surface area contributed by atoms with Crippen molar-refractivity contribution in [2.24, 2.45) is 0 Å². The average Bonchev–Trinajstić information content (AvgIpc) is 3.14. The summed E-state index contributed by atoms with van der Waals surface area (Å²) in [4.78, 5) is 26.8. The molecule has 0 aliphatic rings. The van der Waals surface area contributed by atoms with Gasteiger partial charge >= 0.3 is 5.97 Å². The predicted octanol–water partition coefficient (Wildman–Crippen LogP) is 6.62. The second-order valence-electron chi connectivity index (χ2n) is 7.71. The van der Waals surface area contributed by atoms with Crippen LogP contribution in [0.3, 0.4) is 0 Å². The van der Waals surface area contributed by atoms with Gasteiger partial charge in [-0.3, -0.25) is 4.79 Å². The third kappa shape index (κ3) is 4.61. The van der Waals surface area contributed by atoms with Crippen LogP contribution in [-0.2, 0) is 4.74 Å². The minimum atomic E-state index is -0.453. The molecule has 6 heteroatoms. The van der Waals surface area contributed by atoms with Crippen LogP contribution in [0.1, 0.15) is 38.1 Å². The number of amides is 1. The summed E-state index contributed by atoms with van der Waals surface area (Å²) in [5, 5.41) is 5.48. The van der Waals surface area contributed by atoms with Gasteiger partial charge in [0.1, 0.15) is 16.3 Å². The zero-order valence-corrected chi connectivity index (χ0v) is 19.8. The molecule has 5 nitrogen and oxygen atoms in total. The van der Waals surface area contributed by atoms with E-state index in [2.05, 4.69) is 5.32 Å². The summed E-state index contributed by atoms with van der Waals surface area (Å²) >= 11 is 1.37. The number of ether oxygens (including phenoxy) is 2. The van der Waals surface area contributed by atoms with E-state index in [9.17, 15) is 9.59 Å². The summed E-state index contributed by atoms with van der Waals surface area (Å²) in [6.07, 6.45) is 0. The van der Waals surface area contributed by atoms with Crippen molar-refractivity contribution in [2.75, 3.05) is 19.0 Å². The van der Waals surface area contributed by atoms with Crippen molar-refractivity contribution in [3.63, 3.8) is 0 Å². The number of hydrogen-bond donors (Lipinski definition) is 1. The summed E-state index contributed by atoms with van der Waals surface area (Å²) in [5.74, 6) is 0.0696. The van der Waals surface area contributed by atoms with E-state index < -0.39 is 5.97 Å². The van der Waals surface area contributed by atoms with Crippen molar-refractivity contribution in [3.8, 4) is 16.9 Å². The molecule has 0 saturated heterocycles. The van der Waals surface area contributed by atoms with Gasteiger partial charge in [0.25, 0.3) is 5.91 Å². The Hall–Kier alpha value is -3.64. The lowest BCUT2D eigenvalue weighted by Crippen LogP contribution is -2.14. The van der Waals surface area contributed by atoms with E-state index in [0.29, 0.717) is 16.1 Å². The Morgan fingerprint density at radius 2 is 1.64 bits per heavy atom. The van der Waals surface area contributed by atoms with Gasteiger partial charge in [-0.25, -0.2) is 4.79 Å². The number of thiophene rings is 1. The standard InChI is InChI=1S/C27H25NO4S/c1-5-32-27(30)24-23(21-11-10-20-15-22(31-4)13-12-19(20)14-21)17(3)33-26(24)28-25(29)18-8-6-16(2)7-9-18/h6-15H,5H2,1-4H3,(H,28,29). The maximum Gasteiger partial charge on any atom is 0.341 e. The van der Waals surface area contributed by atoms with Gasteiger partial charge in [0, 0.05) is 16.0 Å². The maximum absolute atomic E-state index is 13.0. The fourth-order valence-corrected chi connectivity index (χ4v) is 4.82. The first-order chi connectivity index (χ1) is 15.9. The Morgan fingerprint density at radius 1 is 0.939 bits per heavy atom. The van der Waals surface area contributed by atoms with Gasteiger partial charge in [0.05, 0.1) is 13.7 Å². The van der Waals surface area contributed by atoms with Gasteiger partial charge in [-0.15, -0.1) is 11.3 Å². The number of aryl methyl sites for hydroxylation is 2. The molecule has 33 heavy (non-hydrogen) atoms. The largest absolute Gasteiger partial charge is 0.497 e. The highest BCUT2D eigenvalue weighted by molar-refractivity contribution is 7.17. The molecule has 4 aromatic rings. The number of benzene rings is 3. The van der Waals surface area contributed by atoms with Gasteiger partial charge in [-0.2, -0.15) is 0 Å². The first-order valence-electron chi connectivity index (χ1n) is 10.7. The van der Waals surface area contributed by atoms with E-state index in [0.717, 1.165) is 38.1 Å².